The second kappa shape index (κ2) is 5.12. The van der Waals surface area contributed by atoms with Gasteiger partial charge in [0.05, 0.1) is 11.0 Å². The van der Waals surface area contributed by atoms with E-state index in [1.165, 1.54) is 0 Å². The van der Waals surface area contributed by atoms with Gasteiger partial charge in [-0.2, -0.15) is 0 Å². The number of nitrogens with zero attached hydrogens (tertiary/aromatic N) is 1. The highest BCUT2D eigenvalue weighted by Crippen LogP contribution is 2.37. The lowest BCUT2D eigenvalue weighted by Crippen LogP contribution is -2.11. The van der Waals surface area contributed by atoms with E-state index in [9.17, 15) is 18.9 Å². The Morgan fingerprint density at radius 2 is 1.95 bits per heavy atom. The number of nitrogens with one attached hydrogen (secondary N) is 1. The zero-order valence-electron chi connectivity index (χ0n) is 11.0. The van der Waals surface area contributed by atoms with Crippen molar-refractivity contribution in [3.8, 4) is 0 Å². The first kappa shape index (κ1) is 13.5. The number of hydrogen-bond donors (Lipinski definition) is 1. The lowest BCUT2D eigenvalue weighted by atomic mass is 10.1. The summed E-state index contributed by atoms with van der Waals surface area (Å²) in [6.45, 7) is 0. The van der Waals surface area contributed by atoms with E-state index in [2.05, 4.69) is 5.32 Å². The molecule has 0 spiro atoms. The van der Waals surface area contributed by atoms with Crippen LogP contribution in [0.15, 0.2) is 36.4 Å². The normalized spacial score (nSPS) is 16.6. The summed E-state index contributed by atoms with van der Waals surface area (Å²) in [5, 5.41) is 13.8. The van der Waals surface area contributed by atoms with Crippen molar-refractivity contribution in [1.82, 2.24) is 0 Å². The van der Waals surface area contributed by atoms with E-state index in [1.807, 2.05) is 24.3 Å². The van der Waals surface area contributed by atoms with Crippen LogP contribution in [0.5, 0.6) is 0 Å². The van der Waals surface area contributed by atoms with Gasteiger partial charge in [0.15, 0.2) is 17.3 Å². The SMILES string of the molecule is O=[N+]([O-])c1ccc(F)c(F)c1NC1CCc2ccccc21. The molecule has 0 heterocycles. The van der Waals surface area contributed by atoms with Gasteiger partial charge in [0, 0.05) is 6.07 Å². The molecule has 1 N–H and O–H groups in total. The Morgan fingerprint density at radius 1 is 1.19 bits per heavy atom. The maximum Gasteiger partial charge on any atom is 0.295 e. The van der Waals surface area contributed by atoms with Crippen LogP contribution in [0.25, 0.3) is 0 Å². The van der Waals surface area contributed by atoms with E-state index in [-0.39, 0.29) is 11.7 Å². The molecule has 0 saturated carbocycles. The summed E-state index contributed by atoms with van der Waals surface area (Å²) < 4.78 is 27.3. The average Bonchev–Trinajstić information content (AvgIpc) is 2.87. The lowest BCUT2D eigenvalue weighted by molar-refractivity contribution is -0.384. The largest absolute Gasteiger partial charge is 0.370 e. The number of nitro benzene ring substituents is 1. The summed E-state index contributed by atoms with van der Waals surface area (Å²) in [6.07, 6.45) is 1.49. The Labute approximate surface area is 119 Å². The summed E-state index contributed by atoms with van der Waals surface area (Å²) in [4.78, 5) is 10.3. The van der Waals surface area contributed by atoms with Crippen LogP contribution >= 0.6 is 0 Å². The maximum absolute atomic E-state index is 13.9. The fraction of sp³-hybridized carbons (Fsp3) is 0.200. The van der Waals surface area contributed by atoms with Gasteiger partial charge in [0.1, 0.15) is 0 Å². The third-order valence-electron chi connectivity index (χ3n) is 3.72. The zero-order valence-corrected chi connectivity index (χ0v) is 11.0. The number of fused-ring (bicyclic) bond motifs is 1. The Morgan fingerprint density at radius 3 is 2.71 bits per heavy atom. The first-order valence-electron chi connectivity index (χ1n) is 6.54. The van der Waals surface area contributed by atoms with Crippen molar-refractivity contribution in [2.45, 2.75) is 18.9 Å². The van der Waals surface area contributed by atoms with Crippen molar-refractivity contribution >= 4 is 11.4 Å². The standard InChI is InChI=1S/C15H12F2N2O2/c16-11-6-8-13(19(20)21)15(14(11)17)18-12-7-5-9-3-1-2-4-10(9)12/h1-4,6,8,12,18H,5,7H2. The van der Waals surface area contributed by atoms with E-state index in [0.717, 1.165) is 29.7 Å². The molecule has 0 fully saturated rings. The molecule has 1 atom stereocenters. The number of nitro groups is 1. The Balaban J connectivity index is 2.00. The van der Waals surface area contributed by atoms with Crippen LogP contribution in [0.4, 0.5) is 20.2 Å². The van der Waals surface area contributed by atoms with E-state index < -0.39 is 22.2 Å². The van der Waals surface area contributed by atoms with Gasteiger partial charge < -0.3 is 5.32 Å². The molecule has 0 amide bonds. The first-order chi connectivity index (χ1) is 10.1. The van der Waals surface area contributed by atoms with Crippen LogP contribution in [0, 0.1) is 21.7 Å². The molecule has 21 heavy (non-hydrogen) atoms. The summed E-state index contributed by atoms with van der Waals surface area (Å²) >= 11 is 0. The third-order valence-corrected chi connectivity index (χ3v) is 3.72. The van der Waals surface area contributed by atoms with Gasteiger partial charge in [0.25, 0.3) is 5.69 Å². The molecular weight excluding hydrogens is 278 g/mol. The molecule has 6 heteroatoms. The minimum absolute atomic E-state index is 0.254. The summed E-state index contributed by atoms with van der Waals surface area (Å²) in [5.74, 6) is -2.32. The van der Waals surface area contributed by atoms with Crippen LogP contribution in [-0.2, 0) is 6.42 Å². The van der Waals surface area contributed by atoms with Crippen molar-refractivity contribution in [3.63, 3.8) is 0 Å². The number of rotatable bonds is 3. The van der Waals surface area contributed by atoms with Crippen molar-refractivity contribution < 1.29 is 13.7 Å². The highest BCUT2D eigenvalue weighted by molar-refractivity contribution is 5.64. The van der Waals surface area contributed by atoms with Crippen LogP contribution < -0.4 is 5.32 Å². The van der Waals surface area contributed by atoms with Gasteiger partial charge in [-0.05, 0) is 30.0 Å². The number of hydrogen-bond acceptors (Lipinski definition) is 3. The quantitative estimate of drug-likeness (QED) is 0.687. The molecule has 1 aliphatic carbocycles. The molecule has 4 nitrogen and oxygen atoms in total. The van der Waals surface area contributed by atoms with Gasteiger partial charge >= 0.3 is 0 Å². The average molecular weight is 290 g/mol. The van der Waals surface area contributed by atoms with Crippen LogP contribution in [0.1, 0.15) is 23.6 Å². The van der Waals surface area contributed by atoms with E-state index in [0.29, 0.717) is 6.42 Å². The fourth-order valence-corrected chi connectivity index (χ4v) is 2.71. The van der Waals surface area contributed by atoms with Gasteiger partial charge in [-0.3, -0.25) is 10.1 Å². The fourth-order valence-electron chi connectivity index (χ4n) is 2.71. The number of benzene rings is 2. The minimum Gasteiger partial charge on any atom is -0.370 e. The van der Waals surface area contributed by atoms with Gasteiger partial charge in [-0.1, -0.05) is 24.3 Å². The molecule has 2 aromatic carbocycles. The molecule has 0 aromatic heterocycles. The molecule has 1 unspecified atom stereocenters. The van der Waals surface area contributed by atoms with E-state index >= 15 is 0 Å². The van der Waals surface area contributed by atoms with E-state index in [4.69, 9.17) is 0 Å². The second-order valence-electron chi connectivity index (χ2n) is 4.95. The summed E-state index contributed by atoms with van der Waals surface area (Å²) in [7, 11) is 0. The molecule has 0 saturated heterocycles. The molecule has 2 aromatic rings. The monoisotopic (exact) mass is 290 g/mol. The molecule has 1 aliphatic rings. The van der Waals surface area contributed by atoms with Crippen molar-refractivity contribution in [2.75, 3.05) is 5.32 Å². The second-order valence-corrected chi connectivity index (χ2v) is 4.95. The van der Waals surface area contributed by atoms with Gasteiger partial charge in [-0.25, -0.2) is 8.78 Å². The number of halogens is 2. The predicted octanol–water partition coefficient (Wildman–Crippen LogP) is 3.97. The minimum atomic E-state index is -1.21. The molecule has 0 radical (unpaired) electrons. The van der Waals surface area contributed by atoms with Crippen molar-refractivity contribution in [1.29, 1.82) is 0 Å². The molecular formula is C15H12F2N2O2. The van der Waals surface area contributed by atoms with Crippen LogP contribution in [-0.4, -0.2) is 4.92 Å². The zero-order chi connectivity index (χ0) is 15.0. The smallest absolute Gasteiger partial charge is 0.295 e. The van der Waals surface area contributed by atoms with Crippen LogP contribution in [0.3, 0.4) is 0 Å². The summed E-state index contributed by atoms with van der Waals surface area (Å²) in [6, 6.07) is 9.11. The topological polar surface area (TPSA) is 55.2 Å². The predicted molar refractivity (Wildman–Crippen MR) is 74.1 cm³/mol. The third kappa shape index (κ3) is 2.33. The Bertz CT molecular complexity index is 719. The summed E-state index contributed by atoms with van der Waals surface area (Å²) in [5.41, 5.74) is 1.24. The highest BCUT2D eigenvalue weighted by atomic mass is 19.2. The molecule has 108 valence electrons. The van der Waals surface area contributed by atoms with E-state index in [1.54, 1.807) is 0 Å². The van der Waals surface area contributed by atoms with Crippen molar-refractivity contribution in [2.24, 2.45) is 0 Å². The van der Waals surface area contributed by atoms with Gasteiger partial charge in [-0.15, -0.1) is 0 Å². The lowest BCUT2D eigenvalue weighted by Gasteiger charge is -2.16. The first-order valence-corrected chi connectivity index (χ1v) is 6.54. The van der Waals surface area contributed by atoms with Gasteiger partial charge in [0.2, 0.25) is 0 Å². The number of aryl methyl sites for hydroxylation is 1. The molecule has 3 rings (SSSR count). The Kier molecular flexibility index (Phi) is 3.29. The Hall–Kier alpha value is -2.50. The highest BCUT2D eigenvalue weighted by Gasteiger charge is 2.27. The molecule has 0 bridgehead atoms. The number of anilines is 1. The molecule has 0 aliphatic heterocycles. The van der Waals surface area contributed by atoms with Crippen LogP contribution in [0.2, 0.25) is 0 Å². The van der Waals surface area contributed by atoms with Crippen molar-refractivity contribution in [3.05, 3.63) is 69.3 Å². The maximum atomic E-state index is 13.9.